The second kappa shape index (κ2) is 9.60. The van der Waals surface area contributed by atoms with Gasteiger partial charge in [-0.15, -0.1) is 10.2 Å². The van der Waals surface area contributed by atoms with Crippen molar-refractivity contribution in [3.63, 3.8) is 0 Å². The molecular weight excluding hydrogens is 394 g/mol. The molecule has 3 rings (SSSR count). The predicted octanol–water partition coefficient (Wildman–Crippen LogP) is 1.68. The summed E-state index contributed by atoms with van der Waals surface area (Å²) in [7, 11) is 0. The molecule has 10 heteroatoms. The molecule has 0 radical (unpaired) electrons. The Balaban J connectivity index is 1.50. The van der Waals surface area contributed by atoms with Gasteiger partial charge >= 0.3 is 6.09 Å². The zero-order valence-electron chi connectivity index (χ0n) is 17.2. The van der Waals surface area contributed by atoms with Crippen LogP contribution in [0.25, 0.3) is 0 Å². The Hall–Kier alpha value is -2.10. The second-order valence-electron chi connectivity index (χ2n) is 7.99. The van der Waals surface area contributed by atoms with Crippen LogP contribution in [0.2, 0.25) is 0 Å². The first kappa shape index (κ1) is 21.6. The summed E-state index contributed by atoms with van der Waals surface area (Å²) in [5.74, 6) is 0.497. The van der Waals surface area contributed by atoms with Crippen molar-refractivity contribution in [2.45, 2.75) is 63.2 Å². The molecule has 2 fully saturated rings. The Labute approximate surface area is 174 Å². The van der Waals surface area contributed by atoms with Gasteiger partial charge in [0.2, 0.25) is 5.91 Å². The van der Waals surface area contributed by atoms with Gasteiger partial charge in [-0.2, -0.15) is 0 Å². The van der Waals surface area contributed by atoms with Gasteiger partial charge in [0, 0.05) is 32.0 Å². The number of ether oxygens (including phenoxy) is 1. The van der Waals surface area contributed by atoms with E-state index in [9.17, 15) is 14.4 Å². The fourth-order valence-electron chi connectivity index (χ4n) is 4.02. The number of aryl methyl sites for hydroxylation is 1. The first-order valence-electron chi connectivity index (χ1n) is 10.1. The first-order chi connectivity index (χ1) is 13.9. The lowest BCUT2D eigenvalue weighted by molar-refractivity contribution is -0.132. The van der Waals surface area contributed by atoms with Crippen molar-refractivity contribution >= 4 is 23.8 Å². The van der Waals surface area contributed by atoms with E-state index in [1.807, 2.05) is 9.80 Å². The van der Waals surface area contributed by atoms with E-state index >= 15 is 0 Å². The summed E-state index contributed by atoms with van der Waals surface area (Å²) < 4.78 is 5.28. The minimum absolute atomic E-state index is 0.00122. The molecule has 1 atom stereocenters. The summed E-state index contributed by atoms with van der Waals surface area (Å²) in [6.07, 6.45) is 4.49. The highest BCUT2D eigenvalue weighted by Crippen LogP contribution is 2.27. The molecule has 0 aromatic carbocycles. The zero-order chi connectivity index (χ0) is 21.0. The van der Waals surface area contributed by atoms with Crippen LogP contribution >= 0.6 is 11.8 Å². The molecule has 2 saturated heterocycles. The SMILES string of the molecule is CSc1nnc(CCC(=O)N2CCC(N3C(=O)OCC3CC(C)C)CC2)c(=O)[nH]1. The number of thioether (sulfide) groups is 1. The summed E-state index contributed by atoms with van der Waals surface area (Å²) in [5.41, 5.74) is -0.0121. The molecule has 29 heavy (non-hydrogen) atoms. The molecule has 160 valence electrons. The van der Waals surface area contributed by atoms with Crippen LogP contribution in [-0.2, 0) is 16.0 Å². The molecule has 2 aliphatic heterocycles. The van der Waals surface area contributed by atoms with Gasteiger partial charge in [0.05, 0.1) is 6.04 Å². The topological polar surface area (TPSA) is 108 Å². The monoisotopic (exact) mass is 423 g/mol. The van der Waals surface area contributed by atoms with E-state index in [0.717, 1.165) is 19.3 Å². The van der Waals surface area contributed by atoms with Crippen LogP contribution in [0.1, 0.15) is 45.2 Å². The van der Waals surface area contributed by atoms with Gasteiger partial charge in [0.25, 0.3) is 5.56 Å². The van der Waals surface area contributed by atoms with Gasteiger partial charge in [0.1, 0.15) is 12.3 Å². The number of nitrogens with zero attached hydrogens (tertiary/aromatic N) is 4. The summed E-state index contributed by atoms with van der Waals surface area (Å²) in [4.78, 5) is 43.1. The van der Waals surface area contributed by atoms with Crippen LogP contribution in [-0.4, -0.2) is 75.0 Å². The maximum Gasteiger partial charge on any atom is 0.410 e. The molecule has 0 aliphatic carbocycles. The average molecular weight is 424 g/mol. The van der Waals surface area contributed by atoms with Gasteiger partial charge in [-0.05, 0) is 31.4 Å². The van der Waals surface area contributed by atoms with Crippen molar-refractivity contribution in [1.82, 2.24) is 25.0 Å². The number of H-pyrrole nitrogens is 1. The number of carbonyl (C=O) groups is 2. The lowest BCUT2D eigenvalue weighted by Crippen LogP contribution is -2.50. The zero-order valence-corrected chi connectivity index (χ0v) is 18.0. The van der Waals surface area contributed by atoms with E-state index in [-0.39, 0.29) is 48.2 Å². The van der Waals surface area contributed by atoms with Gasteiger partial charge in [-0.25, -0.2) is 4.79 Å². The number of piperidine rings is 1. The third kappa shape index (κ3) is 5.29. The van der Waals surface area contributed by atoms with E-state index < -0.39 is 0 Å². The Morgan fingerprint density at radius 2 is 2.00 bits per heavy atom. The summed E-state index contributed by atoms with van der Waals surface area (Å²) in [5, 5.41) is 8.31. The van der Waals surface area contributed by atoms with E-state index in [1.54, 1.807) is 6.26 Å². The lowest BCUT2D eigenvalue weighted by Gasteiger charge is -2.38. The number of nitrogens with one attached hydrogen (secondary N) is 1. The largest absolute Gasteiger partial charge is 0.447 e. The number of likely N-dealkylation sites (tertiary alicyclic amines) is 1. The Morgan fingerprint density at radius 3 is 2.62 bits per heavy atom. The number of aromatic amines is 1. The molecule has 2 amide bonds. The minimum Gasteiger partial charge on any atom is -0.447 e. The van der Waals surface area contributed by atoms with Crippen LogP contribution < -0.4 is 5.56 Å². The van der Waals surface area contributed by atoms with Crippen LogP contribution in [0.3, 0.4) is 0 Å². The summed E-state index contributed by atoms with van der Waals surface area (Å²) in [6, 6.07) is 0.245. The minimum atomic E-state index is -0.292. The Kier molecular flexibility index (Phi) is 7.15. The highest BCUT2D eigenvalue weighted by atomic mass is 32.2. The van der Waals surface area contributed by atoms with Crippen LogP contribution in [0.4, 0.5) is 4.79 Å². The second-order valence-corrected chi connectivity index (χ2v) is 8.78. The molecule has 2 aliphatic rings. The molecule has 9 nitrogen and oxygen atoms in total. The van der Waals surface area contributed by atoms with Gasteiger partial charge in [0.15, 0.2) is 5.16 Å². The van der Waals surface area contributed by atoms with Gasteiger partial charge in [-0.1, -0.05) is 25.6 Å². The number of hydrogen-bond donors (Lipinski definition) is 1. The third-order valence-electron chi connectivity index (χ3n) is 5.47. The van der Waals surface area contributed by atoms with E-state index in [1.165, 1.54) is 11.8 Å². The number of amides is 2. The number of cyclic esters (lactones) is 1. The lowest BCUT2D eigenvalue weighted by atomic mass is 9.98. The standard InChI is InChI=1S/C19H29N5O4S/c1-12(2)10-14-11-28-19(27)24(14)13-6-8-23(9-7-13)16(25)5-4-15-17(26)20-18(29-3)22-21-15/h12-14H,4-11H2,1-3H3,(H,20,22,26). The normalized spacial score (nSPS) is 20.4. The third-order valence-corrected chi connectivity index (χ3v) is 6.04. The van der Waals surface area contributed by atoms with Crippen LogP contribution in [0.5, 0.6) is 0 Å². The molecule has 1 aromatic heterocycles. The number of rotatable bonds is 7. The number of carbonyl (C=O) groups excluding carboxylic acids is 2. The quantitative estimate of drug-likeness (QED) is 0.665. The van der Waals surface area contributed by atoms with Crippen molar-refractivity contribution in [3.8, 4) is 0 Å². The van der Waals surface area contributed by atoms with E-state index in [0.29, 0.717) is 30.8 Å². The molecule has 1 unspecified atom stereocenters. The first-order valence-corrected chi connectivity index (χ1v) is 11.3. The van der Waals surface area contributed by atoms with Gasteiger partial charge < -0.3 is 9.64 Å². The number of hydrogen-bond acceptors (Lipinski definition) is 7. The maximum atomic E-state index is 12.6. The number of aromatic nitrogens is 3. The van der Waals surface area contributed by atoms with Crippen molar-refractivity contribution in [2.24, 2.45) is 5.92 Å². The van der Waals surface area contributed by atoms with Crippen molar-refractivity contribution in [2.75, 3.05) is 26.0 Å². The van der Waals surface area contributed by atoms with E-state index in [2.05, 4.69) is 29.0 Å². The fourth-order valence-corrected chi connectivity index (χ4v) is 4.34. The fraction of sp³-hybridized carbons (Fsp3) is 0.737. The molecule has 0 bridgehead atoms. The molecule has 0 spiro atoms. The Bertz CT molecular complexity index is 791. The van der Waals surface area contributed by atoms with Crippen LogP contribution in [0, 0.1) is 5.92 Å². The molecule has 1 N–H and O–H groups in total. The predicted molar refractivity (Wildman–Crippen MR) is 109 cm³/mol. The highest BCUT2D eigenvalue weighted by Gasteiger charge is 2.39. The molecule has 1 aromatic rings. The Morgan fingerprint density at radius 1 is 1.28 bits per heavy atom. The molecular formula is C19H29N5O4S. The summed E-state index contributed by atoms with van der Waals surface area (Å²) >= 11 is 1.31. The molecule has 0 saturated carbocycles. The van der Waals surface area contributed by atoms with Crippen LogP contribution in [0.15, 0.2) is 9.95 Å². The highest BCUT2D eigenvalue weighted by molar-refractivity contribution is 7.98. The van der Waals surface area contributed by atoms with Gasteiger partial charge in [-0.3, -0.25) is 19.5 Å². The molecule has 3 heterocycles. The van der Waals surface area contributed by atoms with Crippen molar-refractivity contribution in [3.05, 3.63) is 16.0 Å². The maximum absolute atomic E-state index is 12.6. The smallest absolute Gasteiger partial charge is 0.410 e. The summed E-state index contributed by atoms with van der Waals surface area (Å²) in [6.45, 7) is 5.96. The van der Waals surface area contributed by atoms with E-state index in [4.69, 9.17) is 4.74 Å². The average Bonchev–Trinajstić information content (AvgIpc) is 3.06. The van der Waals surface area contributed by atoms with Crippen molar-refractivity contribution in [1.29, 1.82) is 0 Å². The van der Waals surface area contributed by atoms with Crippen molar-refractivity contribution < 1.29 is 14.3 Å².